The normalized spacial score (nSPS) is 10.1. The Morgan fingerprint density at radius 1 is 1.43 bits per heavy atom. The summed E-state index contributed by atoms with van der Waals surface area (Å²) in [5, 5.41) is 0.675. The van der Waals surface area contributed by atoms with Crippen molar-refractivity contribution in [3.8, 4) is 0 Å². The SMILES string of the molecule is O=C(CI)COCc1ccccc1Cl. The van der Waals surface area contributed by atoms with Crippen LogP contribution in [0.5, 0.6) is 0 Å². The molecule has 1 aromatic rings. The largest absolute Gasteiger partial charge is 0.369 e. The van der Waals surface area contributed by atoms with Crippen molar-refractivity contribution in [2.24, 2.45) is 0 Å². The second kappa shape index (κ2) is 6.37. The Morgan fingerprint density at radius 3 is 2.79 bits per heavy atom. The highest BCUT2D eigenvalue weighted by Gasteiger charge is 2.01. The molecule has 0 saturated heterocycles. The van der Waals surface area contributed by atoms with E-state index in [2.05, 4.69) is 0 Å². The first-order chi connectivity index (χ1) is 6.74. The van der Waals surface area contributed by atoms with Gasteiger partial charge in [0.2, 0.25) is 0 Å². The molecule has 0 aliphatic heterocycles. The third-order valence-electron chi connectivity index (χ3n) is 1.63. The van der Waals surface area contributed by atoms with Crippen LogP contribution in [0, 0.1) is 0 Å². The van der Waals surface area contributed by atoms with Crippen LogP contribution in [-0.2, 0) is 16.1 Å². The van der Waals surface area contributed by atoms with E-state index >= 15 is 0 Å². The molecule has 0 aromatic heterocycles. The van der Waals surface area contributed by atoms with E-state index in [0.29, 0.717) is 16.1 Å². The van der Waals surface area contributed by atoms with Gasteiger partial charge in [-0.25, -0.2) is 0 Å². The van der Waals surface area contributed by atoms with Gasteiger partial charge in [-0.1, -0.05) is 52.4 Å². The molecule has 0 aliphatic rings. The molecule has 0 fully saturated rings. The van der Waals surface area contributed by atoms with Gasteiger partial charge in [0.1, 0.15) is 6.61 Å². The van der Waals surface area contributed by atoms with Gasteiger partial charge in [0, 0.05) is 5.02 Å². The van der Waals surface area contributed by atoms with Gasteiger partial charge in [0.05, 0.1) is 11.0 Å². The molecule has 0 heterocycles. The highest BCUT2D eigenvalue weighted by molar-refractivity contribution is 14.1. The van der Waals surface area contributed by atoms with Gasteiger partial charge in [-0.2, -0.15) is 0 Å². The lowest BCUT2D eigenvalue weighted by Crippen LogP contribution is -2.09. The Bertz CT molecular complexity index is 315. The second-order valence-corrected chi connectivity index (χ2v) is 3.93. The van der Waals surface area contributed by atoms with E-state index in [1.54, 1.807) is 6.07 Å². The van der Waals surface area contributed by atoms with E-state index < -0.39 is 0 Å². The fourth-order valence-electron chi connectivity index (χ4n) is 0.929. The lowest BCUT2D eigenvalue weighted by atomic mass is 10.2. The lowest BCUT2D eigenvalue weighted by molar-refractivity contribution is -0.121. The van der Waals surface area contributed by atoms with Crippen molar-refractivity contribution in [1.82, 2.24) is 0 Å². The van der Waals surface area contributed by atoms with Crippen molar-refractivity contribution in [2.75, 3.05) is 11.0 Å². The van der Waals surface area contributed by atoms with Crippen molar-refractivity contribution >= 4 is 40.0 Å². The van der Waals surface area contributed by atoms with Crippen LogP contribution in [0.25, 0.3) is 0 Å². The van der Waals surface area contributed by atoms with E-state index in [-0.39, 0.29) is 12.4 Å². The van der Waals surface area contributed by atoms with Crippen LogP contribution in [0.15, 0.2) is 24.3 Å². The molecule has 0 amide bonds. The van der Waals surface area contributed by atoms with E-state index in [9.17, 15) is 4.79 Å². The Hall–Kier alpha value is -0.130. The summed E-state index contributed by atoms with van der Waals surface area (Å²) in [7, 11) is 0. The number of carbonyl (C=O) groups excluding carboxylic acids is 1. The van der Waals surface area contributed by atoms with Crippen LogP contribution in [0.4, 0.5) is 0 Å². The number of ketones is 1. The van der Waals surface area contributed by atoms with Gasteiger partial charge in [0.15, 0.2) is 5.78 Å². The van der Waals surface area contributed by atoms with Crippen molar-refractivity contribution in [1.29, 1.82) is 0 Å². The van der Waals surface area contributed by atoms with Crippen LogP contribution in [0.2, 0.25) is 5.02 Å². The number of carbonyl (C=O) groups is 1. The predicted octanol–water partition coefficient (Wildman–Crippen LogP) is 2.86. The van der Waals surface area contributed by atoms with Gasteiger partial charge < -0.3 is 4.74 Å². The molecule has 0 N–H and O–H groups in total. The van der Waals surface area contributed by atoms with E-state index in [1.807, 2.05) is 40.8 Å². The van der Waals surface area contributed by atoms with Crippen molar-refractivity contribution in [2.45, 2.75) is 6.61 Å². The van der Waals surface area contributed by atoms with Crippen molar-refractivity contribution < 1.29 is 9.53 Å². The predicted molar refractivity (Wildman–Crippen MR) is 65.0 cm³/mol. The topological polar surface area (TPSA) is 26.3 Å². The smallest absolute Gasteiger partial charge is 0.168 e. The summed E-state index contributed by atoms with van der Waals surface area (Å²) in [6, 6.07) is 7.45. The summed E-state index contributed by atoms with van der Waals surface area (Å²) in [5.41, 5.74) is 0.912. The van der Waals surface area contributed by atoms with Gasteiger partial charge in [0.25, 0.3) is 0 Å². The summed E-state index contributed by atoms with van der Waals surface area (Å²) in [6.07, 6.45) is 0. The zero-order valence-corrected chi connectivity index (χ0v) is 10.4. The maximum Gasteiger partial charge on any atom is 0.168 e. The zero-order chi connectivity index (χ0) is 10.4. The highest BCUT2D eigenvalue weighted by Crippen LogP contribution is 2.15. The zero-order valence-electron chi connectivity index (χ0n) is 7.50. The third-order valence-corrected chi connectivity index (χ3v) is 2.85. The molecule has 2 nitrogen and oxygen atoms in total. The number of ether oxygens (including phenoxy) is 1. The molecule has 1 aromatic carbocycles. The average Bonchev–Trinajstić information content (AvgIpc) is 2.20. The quantitative estimate of drug-likeness (QED) is 0.615. The minimum atomic E-state index is 0.0950. The number of hydrogen-bond donors (Lipinski definition) is 0. The summed E-state index contributed by atoms with van der Waals surface area (Å²) >= 11 is 7.93. The second-order valence-electron chi connectivity index (χ2n) is 2.76. The number of hydrogen-bond acceptors (Lipinski definition) is 2. The molecule has 4 heteroatoms. The van der Waals surface area contributed by atoms with Crippen LogP contribution >= 0.6 is 34.2 Å². The van der Waals surface area contributed by atoms with Gasteiger partial charge >= 0.3 is 0 Å². The Kier molecular flexibility index (Phi) is 5.44. The molecule has 76 valence electrons. The summed E-state index contributed by atoms with van der Waals surface area (Å²) in [4.78, 5) is 10.9. The van der Waals surface area contributed by atoms with Crippen LogP contribution in [0.1, 0.15) is 5.56 Å². The maximum absolute atomic E-state index is 10.9. The maximum atomic E-state index is 10.9. The molecule has 0 unspecified atom stereocenters. The first-order valence-electron chi connectivity index (χ1n) is 4.13. The number of rotatable bonds is 5. The Labute approximate surface area is 102 Å². The average molecular weight is 325 g/mol. The van der Waals surface area contributed by atoms with Gasteiger partial charge in [-0.15, -0.1) is 0 Å². The number of Topliss-reactive ketones (excluding diaryl/α,β-unsaturated/α-hetero) is 1. The molecule has 0 bridgehead atoms. The number of benzene rings is 1. The first kappa shape index (κ1) is 11.9. The number of halogens is 2. The monoisotopic (exact) mass is 324 g/mol. The summed E-state index contributed by atoms with van der Waals surface area (Å²) in [6.45, 7) is 0.552. The molecular formula is C10H10ClIO2. The minimum absolute atomic E-state index is 0.0950. The fraction of sp³-hybridized carbons (Fsp3) is 0.300. The molecule has 0 spiro atoms. The fourth-order valence-corrected chi connectivity index (χ4v) is 1.34. The Balaban J connectivity index is 2.39. The lowest BCUT2D eigenvalue weighted by Gasteiger charge is -2.04. The van der Waals surface area contributed by atoms with E-state index in [0.717, 1.165) is 5.56 Å². The molecular weight excluding hydrogens is 314 g/mol. The summed E-state index contributed by atoms with van der Waals surface area (Å²) < 4.78 is 5.70. The third kappa shape index (κ3) is 3.94. The van der Waals surface area contributed by atoms with Crippen molar-refractivity contribution in [3.63, 3.8) is 0 Å². The minimum Gasteiger partial charge on any atom is -0.369 e. The number of alkyl halides is 1. The highest BCUT2D eigenvalue weighted by atomic mass is 127. The molecule has 14 heavy (non-hydrogen) atoms. The molecule has 0 atom stereocenters. The summed E-state index contributed by atoms with van der Waals surface area (Å²) in [5.74, 6) is 0.0950. The molecule has 1 rings (SSSR count). The first-order valence-corrected chi connectivity index (χ1v) is 6.03. The molecule has 0 saturated carbocycles. The Morgan fingerprint density at radius 2 is 2.14 bits per heavy atom. The molecule has 0 aliphatic carbocycles. The standard InChI is InChI=1S/C10H10ClIO2/c11-10-4-2-1-3-8(10)6-14-7-9(13)5-12/h1-4H,5-7H2. The van der Waals surface area contributed by atoms with Gasteiger partial charge in [-0.3, -0.25) is 4.79 Å². The van der Waals surface area contributed by atoms with Crippen LogP contribution in [-0.4, -0.2) is 16.8 Å². The van der Waals surface area contributed by atoms with E-state index in [4.69, 9.17) is 16.3 Å². The van der Waals surface area contributed by atoms with Crippen LogP contribution in [0.3, 0.4) is 0 Å². The van der Waals surface area contributed by atoms with Crippen molar-refractivity contribution in [3.05, 3.63) is 34.9 Å². The van der Waals surface area contributed by atoms with Gasteiger partial charge in [-0.05, 0) is 11.6 Å². The molecule has 0 radical (unpaired) electrons. The van der Waals surface area contributed by atoms with E-state index in [1.165, 1.54) is 0 Å². The van der Waals surface area contributed by atoms with Crippen LogP contribution < -0.4 is 0 Å².